The molecule has 4 nitrogen and oxygen atoms in total. The summed E-state index contributed by atoms with van der Waals surface area (Å²) in [6.07, 6.45) is -0.703. The molecule has 0 heterocycles. The molecule has 0 spiro atoms. The fourth-order valence-electron chi connectivity index (χ4n) is 1.45. The second kappa shape index (κ2) is 6.34. The van der Waals surface area contributed by atoms with Crippen LogP contribution in [0.5, 0.6) is 0 Å². The van der Waals surface area contributed by atoms with Crippen molar-refractivity contribution in [1.29, 1.82) is 0 Å². The molecule has 0 fully saturated rings. The summed E-state index contributed by atoms with van der Waals surface area (Å²) in [5.41, 5.74) is -0.456. The third-order valence-corrected chi connectivity index (χ3v) is 2.70. The lowest BCUT2D eigenvalue weighted by atomic mass is 10.1. The third kappa shape index (κ3) is 5.16. The first kappa shape index (κ1) is 15.9. The number of rotatable bonds is 3. The van der Waals surface area contributed by atoms with Crippen molar-refractivity contribution in [3.63, 3.8) is 0 Å². The van der Waals surface area contributed by atoms with Crippen LogP contribution in [-0.4, -0.2) is 23.4 Å². The van der Waals surface area contributed by atoms with Gasteiger partial charge in [-0.1, -0.05) is 15.9 Å². The van der Waals surface area contributed by atoms with Gasteiger partial charge in [-0.15, -0.1) is 0 Å². The summed E-state index contributed by atoms with van der Waals surface area (Å²) in [4.78, 5) is 11.6. The summed E-state index contributed by atoms with van der Waals surface area (Å²) < 4.78 is 19.4. The molecular weight excluding hydrogens is 317 g/mol. The van der Waals surface area contributed by atoms with Crippen LogP contribution >= 0.6 is 15.9 Å². The van der Waals surface area contributed by atoms with Crippen LogP contribution in [-0.2, 0) is 4.74 Å². The largest absolute Gasteiger partial charge is 0.444 e. The van der Waals surface area contributed by atoms with Gasteiger partial charge in [0.1, 0.15) is 11.4 Å². The van der Waals surface area contributed by atoms with Crippen LogP contribution in [0.25, 0.3) is 0 Å². The van der Waals surface area contributed by atoms with Gasteiger partial charge in [0.25, 0.3) is 0 Å². The zero-order chi connectivity index (χ0) is 14.6. The van der Waals surface area contributed by atoms with Crippen LogP contribution in [0, 0.1) is 5.82 Å². The number of hydrogen-bond acceptors (Lipinski definition) is 3. The van der Waals surface area contributed by atoms with Gasteiger partial charge >= 0.3 is 6.09 Å². The van der Waals surface area contributed by atoms with E-state index >= 15 is 0 Å². The predicted molar refractivity (Wildman–Crippen MR) is 73.3 cm³/mol. The first-order chi connectivity index (χ1) is 8.73. The first-order valence-corrected chi connectivity index (χ1v) is 6.57. The van der Waals surface area contributed by atoms with Crippen molar-refractivity contribution in [2.24, 2.45) is 0 Å². The molecule has 1 aromatic carbocycles. The Morgan fingerprint density at radius 1 is 1.53 bits per heavy atom. The van der Waals surface area contributed by atoms with Crippen molar-refractivity contribution in [2.45, 2.75) is 32.4 Å². The van der Waals surface area contributed by atoms with E-state index in [0.717, 1.165) is 0 Å². The molecule has 0 aromatic heterocycles. The van der Waals surface area contributed by atoms with E-state index in [1.54, 1.807) is 26.8 Å². The Kier molecular flexibility index (Phi) is 5.31. The highest BCUT2D eigenvalue weighted by molar-refractivity contribution is 9.10. The number of carbonyl (C=O) groups excluding carboxylic acids is 1. The number of aliphatic hydroxyl groups excluding tert-OH is 1. The number of benzene rings is 1. The number of carbonyl (C=O) groups is 1. The molecule has 106 valence electrons. The van der Waals surface area contributed by atoms with Crippen LogP contribution in [0.4, 0.5) is 9.18 Å². The van der Waals surface area contributed by atoms with Gasteiger partial charge in [0.2, 0.25) is 0 Å². The molecule has 1 aromatic rings. The molecule has 1 amide bonds. The van der Waals surface area contributed by atoms with Gasteiger partial charge in [-0.2, -0.15) is 0 Å². The second-order valence-corrected chi connectivity index (χ2v) is 5.96. The molecule has 2 N–H and O–H groups in total. The van der Waals surface area contributed by atoms with Crippen LogP contribution in [0.1, 0.15) is 32.4 Å². The molecule has 0 aliphatic rings. The molecule has 1 atom stereocenters. The maximum Gasteiger partial charge on any atom is 0.408 e. The summed E-state index contributed by atoms with van der Waals surface area (Å²) in [6.45, 7) is 4.74. The summed E-state index contributed by atoms with van der Waals surface area (Å²) in [5.74, 6) is -0.502. The minimum atomic E-state index is -0.854. The Bertz CT molecular complexity index is 460. The van der Waals surface area contributed by atoms with E-state index in [1.165, 1.54) is 12.1 Å². The van der Waals surface area contributed by atoms with Gasteiger partial charge in [-0.3, -0.25) is 0 Å². The van der Waals surface area contributed by atoms with Crippen LogP contribution in [0.15, 0.2) is 22.7 Å². The van der Waals surface area contributed by atoms with Crippen molar-refractivity contribution in [2.75, 3.05) is 6.61 Å². The van der Waals surface area contributed by atoms with Crippen molar-refractivity contribution in [3.05, 3.63) is 34.1 Å². The van der Waals surface area contributed by atoms with E-state index in [2.05, 4.69) is 21.2 Å². The SMILES string of the molecule is CC(C)(C)OC(=O)NC(CO)c1cc(Br)ccc1F. The van der Waals surface area contributed by atoms with Crippen molar-refractivity contribution in [1.82, 2.24) is 5.32 Å². The predicted octanol–water partition coefficient (Wildman–Crippen LogP) is 3.15. The number of aliphatic hydroxyl groups is 1. The fourth-order valence-corrected chi connectivity index (χ4v) is 1.83. The van der Waals surface area contributed by atoms with Gasteiger partial charge in [-0.25, -0.2) is 9.18 Å². The van der Waals surface area contributed by atoms with E-state index in [9.17, 15) is 14.3 Å². The van der Waals surface area contributed by atoms with E-state index in [0.29, 0.717) is 4.47 Å². The van der Waals surface area contributed by atoms with Gasteiger partial charge in [0.15, 0.2) is 0 Å². The molecule has 0 saturated carbocycles. The van der Waals surface area contributed by atoms with E-state index in [-0.39, 0.29) is 5.56 Å². The number of ether oxygens (including phenoxy) is 1. The van der Waals surface area contributed by atoms with E-state index < -0.39 is 30.2 Å². The summed E-state index contributed by atoms with van der Waals surface area (Å²) in [7, 11) is 0. The average Bonchev–Trinajstić information content (AvgIpc) is 2.27. The van der Waals surface area contributed by atoms with Gasteiger partial charge in [0.05, 0.1) is 12.6 Å². The molecule has 19 heavy (non-hydrogen) atoms. The molecule has 0 saturated heterocycles. The summed E-state index contributed by atoms with van der Waals surface area (Å²) >= 11 is 3.22. The Hall–Kier alpha value is -1.14. The quantitative estimate of drug-likeness (QED) is 0.893. The monoisotopic (exact) mass is 333 g/mol. The fraction of sp³-hybridized carbons (Fsp3) is 0.462. The molecular formula is C13H17BrFNO3. The van der Waals surface area contributed by atoms with Crippen molar-refractivity contribution >= 4 is 22.0 Å². The summed E-state index contributed by atoms with van der Waals surface area (Å²) in [6, 6.07) is 3.46. The molecule has 6 heteroatoms. The highest BCUT2D eigenvalue weighted by Gasteiger charge is 2.22. The number of alkyl carbamates (subject to hydrolysis) is 1. The summed E-state index contributed by atoms with van der Waals surface area (Å²) in [5, 5.41) is 11.7. The van der Waals surface area contributed by atoms with Crippen molar-refractivity contribution < 1.29 is 19.0 Å². The highest BCUT2D eigenvalue weighted by Crippen LogP contribution is 2.22. The van der Waals surface area contributed by atoms with Crippen LogP contribution < -0.4 is 5.32 Å². The van der Waals surface area contributed by atoms with Crippen LogP contribution in [0.3, 0.4) is 0 Å². The van der Waals surface area contributed by atoms with Crippen LogP contribution in [0.2, 0.25) is 0 Å². The molecule has 0 aliphatic heterocycles. The van der Waals surface area contributed by atoms with Gasteiger partial charge in [-0.05, 0) is 39.0 Å². The maximum atomic E-state index is 13.7. The molecule has 1 unspecified atom stereocenters. The second-order valence-electron chi connectivity index (χ2n) is 5.05. The van der Waals surface area contributed by atoms with E-state index in [4.69, 9.17) is 4.74 Å². The Morgan fingerprint density at radius 3 is 2.68 bits per heavy atom. The Balaban J connectivity index is 2.84. The number of hydrogen-bond donors (Lipinski definition) is 2. The third-order valence-electron chi connectivity index (χ3n) is 2.21. The molecule has 0 aliphatic carbocycles. The zero-order valence-corrected chi connectivity index (χ0v) is 12.6. The zero-order valence-electron chi connectivity index (χ0n) is 11.0. The first-order valence-electron chi connectivity index (χ1n) is 5.78. The number of halogens is 2. The van der Waals surface area contributed by atoms with Crippen molar-refractivity contribution in [3.8, 4) is 0 Å². The number of nitrogens with one attached hydrogen (secondary N) is 1. The topological polar surface area (TPSA) is 58.6 Å². The lowest BCUT2D eigenvalue weighted by Gasteiger charge is -2.23. The molecule has 0 bridgehead atoms. The number of amides is 1. The highest BCUT2D eigenvalue weighted by atomic mass is 79.9. The smallest absolute Gasteiger partial charge is 0.408 e. The normalized spacial score (nSPS) is 12.9. The maximum absolute atomic E-state index is 13.7. The Labute approximate surface area is 120 Å². The van der Waals surface area contributed by atoms with E-state index in [1.807, 2.05) is 0 Å². The average molecular weight is 334 g/mol. The molecule has 1 rings (SSSR count). The van der Waals surface area contributed by atoms with Gasteiger partial charge in [0, 0.05) is 10.0 Å². The lowest BCUT2D eigenvalue weighted by Crippen LogP contribution is -2.36. The lowest BCUT2D eigenvalue weighted by molar-refractivity contribution is 0.0480. The molecule has 0 radical (unpaired) electrons. The van der Waals surface area contributed by atoms with Gasteiger partial charge < -0.3 is 15.2 Å². The minimum Gasteiger partial charge on any atom is -0.444 e. The minimum absolute atomic E-state index is 0.197. The Morgan fingerprint density at radius 2 is 2.16 bits per heavy atom. The standard InChI is InChI=1S/C13H17BrFNO3/c1-13(2,3)19-12(18)16-11(7-17)9-6-8(14)4-5-10(9)15/h4-6,11,17H,7H2,1-3H3,(H,16,18).